The molecule has 24 heavy (non-hydrogen) atoms. The maximum Gasteiger partial charge on any atom is 0.319 e. The molecule has 0 saturated carbocycles. The Balaban J connectivity index is 3.10. The van der Waals surface area contributed by atoms with Crippen LogP contribution >= 0.6 is 0 Å². The Morgan fingerprint density at radius 2 is 1.88 bits per heavy atom. The van der Waals surface area contributed by atoms with Crippen molar-refractivity contribution in [3.63, 3.8) is 0 Å². The summed E-state index contributed by atoms with van der Waals surface area (Å²) in [6.45, 7) is 5.28. The summed E-state index contributed by atoms with van der Waals surface area (Å²) in [6.07, 6.45) is 2.46. The fraction of sp³-hybridized carbons (Fsp3) is 0.556. The number of carbonyl (C=O) groups excluding carboxylic acids is 2. The number of para-hydroxylation sites is 1. The third-order valence-electron chi connectivity index (χ3n) is 4.31. The molecule has 0 saturated heterocycles. The summed E-state index contributed by atoms with van der Waals surface area (Å²) in [5.41, 5.74) is -0.696. The van der Waals surface area contributed by atoms with Crippen LogP contribution in [0.15, 0.2) is 24.3 Å². The number of unbranched alkanes of at least 4 members (excludes halogenated alkanes) is 1. The lowest BCUT2D eigenvalue weighted by molar-refractivity contribution is -0.385. The molecule has 0 aliphatic heterocycles. The second-order valence-corrected chi connectivity index (χ2v) is 5.85. The molecule has 0 amide bonds. The van der Waals surface area contributed by atoms with E-state index in [0.717, 1.165) is 12.8 Å². The van der Waals surface area contributed by atoms with E-state index >= 15 is 0 Å². The Kier molecular flexibility index (Phi) is 7.55. The molecule has 1 rings (SSSR count). The largest absolute Gasteiger partial charge is 0.465 e. The fourth-order valence-corrected chi connectivity index (χ4v) is 2.82. The normalized spacial score (nSPS) is 13.1. The third kappa shape index (κ3) is 4.63. The second kappa shape index (κ2) is 9.15. The Morgan fingerprint density at radius 1 is 1.21 bits per heavy atom. The quantitative estimate of drug-likeness (QED) is 0.280. The number of carbonyl (C=O) groups is 2. The monoisotopic (exact) mass is 335 g/mol. The molecule has 0 spiro atoms. The van der Waals surface area contributed by atoms with Gasteiger partial charge in [0.25, 0.3) is 5.69 Å². The van der Waals surface area contributed by atoms with Gasteiger partial charge in [0.15, 0.2) is 0 Å². The van der Waals surface area contributed by atoms with E-state index in [9.17, 15) is 19.7 Å². The second-order valence-electron chi connectivity index (χ2n) is 5.85. The Labute approximate surface area is 142 Å². The molecule has 132 valence electrons. The highest BCUT2D eigenvalue weighted by molar-refractivity contribution is 6.02. The van der Waals surface area contributed by atoms with Crippen molar-refractivity contribution < 1.29 is 19.2 Å². The third-order valence-corrected chi connectivity index (χ3v) is 4.31. The number of benzene rings is 1. The average molecular weight is 335 g/mol. The van der Waals surface area contributed by atoms with Crippen LogP contribution in [0.4, 0.5) is 5.69 Å². The number of nitro groups is 1. The topological polar surface area (TPSA) is 86.5 Å². The van der Waals surface area contributed by atoms with E-state index in [1.165, 1.54) is 13.0 Å². The summed E-state index contributed by atoms with van der Waals surface area (Å²) in [7, 11) is 0. The van der Waals surface area contributed by atoms with Crippen LogP contribution in [0.5, 0.6) is 0 Å². The average Bonchev–Trinajstić information content (AvgIpc) is 2.55. The van der Waals surface area contributed by atoms with Gasteiger partial charge < -0.3 is 4.74 Å². The predicted octanol–water partition coefficient (Wildman–Crippen LogP) is 3.86. The lowest BCUT2D eigenvalue weighted by Gasteiger charge is -2.29. The lowest BCUT2D eigenvalue weighted by Crippen LogP contribution is -2.40. The van der Waals surface area contributed by atoms with E-state index in [1.54, 1.807) is 25.1 Å². The molecule has 0 bridgehead atoms. The van der Waals surface area contributed by atoms with Crippen LogP contribution in [0.1, 0.15) is 52.0 Å². The van der Waals surface area contributed by atoms with Crippen molar-refractivity contribution in [3.05, 3.63) is 39.9 Å². The van der Waals surface area contributed by atoms with Crippen LogP contribution in [0.25, 0.3) is 0 Å². The minimum Gasteiger partial charge on any atom is -0.465 e. The van der Waals surface area contributed by atoms with Gasteiger partial charge in [-0.1, -0.05) is 38.0 Å². The van der Waals surface area contributed by atoms with Gasteiger partial charge in [0.1, 0.15) is 11.2 Å². The first-order valence-electron chi connectivity index (χ1n) is 8.29. The van der Waals surface area contributed by atoms with Crippen LogP contribution in [-0.4, -0.2) is 23.3 Å². The zero-order valence-electron chi connectivity index (χ0n) is 14.5. The number of ether oxygens (including phenoxy) is 1. The summed E-state index contributed by atoms with van der Waals surface area (Å²) in [5.74, 6) is -0.766. The van der Waals surface area contributed by atoms with E-state index in [2.05, 4.69) is 0 Å². The van der Waals surface area contributed by atoms with Crippen LogP contribution in [-0.2, 0) is 20.7 Å². The van der Waals surface area contributed by atoms with Crippen molar-refractivity contribution in [1.82, 2.24) is 0 Å². The summed E-state index contributed by atoms with van der Waals surface area (Å²) < 4.78 is 5.14. The van der Waals surface area contributed by atoms with Crippen molar-refractivity contribution in [2.45, 2.75) is 52.9 Å². The number of nitrogens with zero attached hydrogens (tertiary/aromatic N) is 1. The van der Waals surface area contributed by atoms with Gasteiger partial charge in [0.2, 0.25) is 0 Å². The number of ketones is 1. The highest BCUT2D eigenvalue weighted by atomic mass is 16.6. The van der Waals surface area contributed by atoms with Crippen LogP contribution < -0.4 is 0 Å². The van der Waals surface area contributed by atoms with Gasteiger partial charge in [-0.05, 0) is 33.1 Å². The first-order valence-corrected chi connectivity index (χ1v) is 8.29. The lowest BCUT2D eigenvalue weighted by atomic mass is 9.74. The number of hydrogen-bond donors (Lipinski definition) is 0. The van der Waals surface area contributed by atoms with Crippen LogP contribution in [0, 0.1) is 15.5 Å². The van der Waals surface area contributed by atoms with Gasteiger partial charge in [0, 0.05) is 11.6 Å². The van der Waals surface area contributed by atoms with Gasteiger partial charge in [-0.15, -0.1) is 0 Å². The molecule has 0 aliphatic rings. The number of aryl methyl sites for hydroxylation is 1. The molecule has 1 unspecified atom stereocenters. The molecule has 0 aliphatic carbocycles. The van der Waals surface area contributed by atoms with Gasteiger partial charge in [-0.25, -0.2) is 0 Å². The number of esters is 1. The zero-order chi connectivity index (χ0) is 18.2. The van der Waals surface area contributed by atoms with Crippen molar-refractivity contribution >= 4 is 17.4 Å². The van der Waals surface area contributed by atoms with Crippen molar-refractivity contribution in [2.75, 3.05) is 6.61 Å². The van der Waals surface area contributed by atoms with E-state index in [4.69, 9.17) is 4.74 Å². The van der Waals surface area contributed by atoms with Crippen LogP contribution in [0.3, 0.4) is 0 Å². The van der Waals surface area contributed by atoms with Gasteiger partial charge >= 0.3 is 5.97 Å². The smallest absolute Gasteiger partial charge is 0.319 e. The van der Waals surface area contributed by atoms with E-state index in [0.29, 0.717) is 12.0 Å². The fourth-order valence-electron chi connectivity index (χ4n) is 2.82. The van der Waals surface area contributed by atoms with Crippen molar-refractivity contribution in [2.24, 2.45) is 5.41 Å². The summed E-state index contributed by atoms with van der Waals surface area (Å²) in [5, 5.41) is 11.1. The van der Waals surface area contributed by atoms with E-state index < -0.39 is 16.3 Å². The minimum atomic E-state index is -1.23. The van der Waals surface area contributed by atoms with Crippen molar-refractivity contribution in [1.29, 1.82) is 0 Å². The molecule has 0 radical (unpaired) electrons. The van der Waals surface area contributed by atoms with E-state index in [-0.39, 0.29) is 30.9 Å². The number of Topliss-reactive ketones (excluding diaryl/α,β-unsaturated/α-hetero) is 1. The Bertz CT molecular complexity index is 599. The Hall–Kier alpha value is -2.24. The molecule has 6 nitrogen and oxygen atoms in total. The van der Waals surface area contributed by atoms with Gasteiger partial charge in [-0.2, -0.15) is 0 Å². The predicted molar refractivity (Wildman–Crippen MR) is 90.7 cm³/mol. The van der Waals surface area contributed by atoms with Crippen molar-refractivity contribution in [3.8, 4) is 0 Å². The number of hydrogen-bond acceptors (Lipinski definition) is 5. The van der Waals surface area contributed by atoms with E-state index in [1.807, 2.05) is 6.92 Å². The highest BCUT2D eigenvalue weighted by Gasteiger charge is 2.43. The number of rotatable bonds is 10. The summed E-state index contributed by atoms with van der Waals surface area (Å²) in [4.78, 5) is 35.5. The molecule has 0 heterocycles. The Morgan fingerprint density at radius 3 is 2.42 bits per heavy atom. The molecule has 1 aromatic carbocycles. The zero-order valence-corrected chi connectivity index (χ0v) is 14.5. The number of nitro benzene ring substituents is 1. The summed E-state index contributed by atoms with van der Waals surface area (Å²) >= 11 is 0. The molecule has 0 fully saturated rings. The molecular weight excluding hydrogens is 310 g/mol. The standard InChI is InChI=1S/C18H25NO5/c1-4-6-12-18(14(3)20,17(21)24-5-2)13-11-15-9-7-8-10-16(15)19(22)23/h7-10H,4-6,11-13H2,1-3H3. The molecule has 0 N–H and O–H groups in total. The van der Waals surface area contributed by atoms with Crippen LogP contribution in [0.2, 0.25) is 0 Å². The first kappa shape index (κ1) is 19.8. The maximum atomic E-state index is 12.5. The SMILES string of the molecule is CCCCC(CCc1ccccc1[N+](=O)[O-])(C(C)=O)C(=O)OCC. The molecule has 1 atom stereocenters. The molecule has 0 aromatic heterocycles. The minimum absolute atomic E-state index is 0.00861. The maximum absolute atomic E-state index is 12.5. The molecular formula is C18H25NO5. The first-order chi connectivity index (χ1) is 11.4. The molecule has 6 heteroatoms. The van der Waals surface area contributed by atoms with Gasteiger partial charge in [-0.3, -0.25) is 19.7 Å². The highest BCUT2D eigenvalue weighted by Crippen LogP contribution is 2.35. The summed E-state index contributed by atoms with van der Waals surface area (Å²) in [6, 6.07) is 6.41. The van der Waals surface area contributed by atoms with Gasteiger partial charge in [0.05, 0.1) is 11.5 Å². The molecule has 1 aromatic rings.